The van der Waals surface area contributed by atoms with Crippen molar-refractivity contribution in [1.82, 2.24) is 4.90 Å². The second-order valence-corrected chi connectivity index (χ2v) is 3.27. The van der Waals surface area contributed by atoms with Gasteiger partial charge in [0.25, 0.3) is 0 Å². The Hall–Kier alpha value is -0.0800. The minimum atomic E-state index is 0.299. The maximum absolute atomic E-state index is 8.79. The normalized spacial score (nSPS) is 9.86. The molecule has 0 amide bonds. The van der Waals surface area contributed by atoms with E-state index < -0.39 is 0 Å². The van der Waals surface area contributed by atoms with E-state index in [0.29, 0.717) is 6.61 Å². The van der Waals surface area contributed by atoms with Crippen molar-refractivity contribution in [2.24, 2.45) is 0 Å². The Morgan fingerprint density at radius 3 is 1.57 bits per heavy atom. The van der Waals surface area contributed by atoms with Crippen LogP contribution in [0.25, 0.3) is 0 Å². The molecule has 0 aromatic heterocycles. The first-order valence-electron chi connectivity index (χ1n) is 6.18. The topological polar surface area (TPSA) is 23.5 Å². The summed E-state index contributed by atoms with van der Waals surface area (Å²) in [7, 11) is 0. The molecular weight excluding hydrogens is 174 g/mol. The summed E-state index contributed by atoms with van der Waals surface area (Å²) in [5.74, 6) is 0. The van der Waals surface area contributed by atoms with E-state index in [1.165, 1.54) is 25.7 Å². The van der Waals surface area contributed by atoms with Crippen LogP contribution in [0.4, 0.5) is 0 Å². The molecule has 0 unspecified atom stereocenters. The van der Waals surface area contributed by atoms with E-state index >= 15 is 0 Å². The molecule has 0 heterocycles. The summed E-state index contributed by atoms with van der Waals surface area (Å²) in [5.41, 5.74) is 0. The third kappa shape index (κ3) is 11.9. The molecular formula is C12H29NO. The molecule has 0 saturated heterocycles. The Morgan fingerprint density at radius 1 is 0.857 bits per heavy atom. The first kappa shape index (κ1) is 16.4. The molecule has 0 aliphatic heterocycles. The van der Waals surface area contributed by atoms with Gasteiger partial charge in [-0.05, 0) is 25.9 Å². The highest BCUT2D eigenvalue weighted by atomic mass is 16.3. The lowest BCUT2D eigenvalue weighted by atomic mass is 10.2. The summed E-state index contributed by atoms with van der Waals surface area (Å²) >= 11 is 0. The molecule has 0 aliphatic carbocycles. The lowest BCUT2D eigenvalue weighted by molar-refractivity contribution is 0.192. The number of hydrogen-bond acceptors (Lipinski definition) is 2. The van der Waals surface area contributed by atoms with Gasteiger partial charge in [-0.2, -0.15) is 0 Å². The van der Waals surface area contributed by atoms with Crippen LogP contribution in [0, 0.1) is 0 Å². The maximum atomic E-state index is 8.79. The van der Waals surface area contributed by atoms with Crippen molar-refractivity contribution in [3.63, 3.8) is 0 Å². The molecule has 0 bridgehead atoms. The molecule has 2 heteroatoms. The zero-order valence-corrected chi connectivity index (χ0v) is 10.6. The summed E-state index contributed by atoms with van der Waals surface area (Å²) in [5, 5.41) is 8.79. The Bertz CT molecular complexity index is 78.4. The SMILES string of the molecule is CC.CCCCN(CCO)CCCC. The second kappa shape index (κ2) is 15.4. The van der Waals surface area contributed by atoms with Gasteiger partial charge in [-0.1, -0.05) is 40.5 Å². The van der Waals surface area contributed by atoms with Gasteiger partial charge in [0.1, 0.15) is 0 Å². The van der Waals surface area contributed by atoms with Crippen LogP contribution in [0.1, 0.15) is 53.4 Å². The van der Waals surface area contributed by atoms with E-state index in [1.54, 1.807) is 0 Å². The molecule has 0 aromatic carbocycles. The van der Waals surface area contributed by atoms with Crippen molar-refractivity contribution < 1.29 is 5.11 Å². The van der Waals surface area contributed by atoms with Crippen LogP contribution in [-0.4, -0.2) is 36.2 Å². The fourth-order valence-corrected chi connectivity index (χ4v) is 1.24. The van der Waals surface area contributed by atoms with Gasteiger partial charge in [-0.3, -0.25) is 0 Å². The van der Waals surface area contributed by atoms with Crippen LogP contribution in [0.2, 0.25) is 0 Å². The standard InChI is InChI=1S/C10H23NO.C2H6/c1-3-5-7-11(9-10-12)8-6-4-2;1-2/h12H,3-10H2,1-2H3;1-2H3. The van der Waals surface area contributed by atoms with E-state index in [1.807, 2.05) is 13.8 Å². The third-order valence-corrected chi connectivity index (χ3v) is 2.07. The molecule has 0 fully saturated rings. The average Bonchev–Trinajstić information content (AvgIpc) is 2.25. The second-order valence-electron chi connectivity index (χ2n) is 3.27. The highest BCUT2D eigenvalue weighted by Crippen LogP contribution is 1.97. The van der Waals surface area contributed by atoms with Gasteiger partial charge in [0.15, 0.2) is 0 Å². The van der Waals surface area contributed by atoms with Gasteiger partial charge in [-0.15, -0.1) is 0 Å². The van der Waals surface area contributed by atoms with E-state index in [4.69, 9.17) is 5.11 Å². The number of nitrogens with zero attached hydrogens (tertiary/aromatic N) is 1. The number of rotatable bonds is 8. The molecule has 88 valence electrons. The van der Waals surface area contributed by atoms with Crippen LogP contribution < -0.4 is 0 Å². The van der Waals surface area contributed by atoms with Gasteiger partial charge in [0, 0.05) is 6.54 Å². The summed E-state index contributed by atoms with van der Waals surface area (Å²) in [6.45, 7) is 11.9. The monoisotopic (exact) mass is 203 g/mol. The zero-order valence-electron chi connectivity index (χ0n) is 10.6. The van der Waals surface area contributed by atoms with Crippen LogP contribution in [0.3, 0.4) is 0 Å². The minimum absolute atomic E-state index is 0.299. The van der Waals surface area contributed by atoms with Gasteiger partial charge >= 0.3 is 0 Å². The predicted octanol–water partition coefficient (Wildman–Crippen LogP) is 2.91. The summed E-state index contributed by atoms with van der Waals surface area (Å²) < 4.78 is 0. The van der Waals surface area contributed by atoms with Gasteiger partial charge in [0.2, 0.25) is 0 Å². The highest BCUT2D eigenvalue weighted by Gasteiger charge is 2.01. The lowest BCUT2D eigenvalue weighted by Gasteiger charge is -2.20. The largest absolute Gasteiger partial charge is 0.395 e. The fourth-order valence-electron chi connectivity index (χ4n) is 1.24. The minimum Gasteiger partial charge on any atom is -0.395 e. The van der Waals surface area contributed by atoms with Crippen molar-refractivity contribution in [3.05, 3.63) is 0 Å². The van der Waals surface area contributed by atoms with Crippen molar-refractivity contribution in [3.8, 4) is 0 Å². The molecule has 14 heavy (non-hydrogen) atoms. The Labute approximate surface area is 90.3 Å². The summed E-state index contributed by atoms with van der Waals surface area (Å²) in [6.07, 6.45) is 5.00. The lowest BCUT2D eigenvalue weighted by Crippen LogP contribution is -2.28. The molecule has 1 N–H and O–H groups in total. The number of unbranched alkanes of at least 4 members (excludes halogenated alkanes) is 2. The van der Waals surface area contributed by atoms with Crippen molar-refractivity contribution in [2.45, 2.75) is 53.4 Å². The number of hydrogen-bond donors (Lipinski definition) is 1. The van der Waals surface area contributed by atoms with Crippen molar-refractivity contribution in [2.75, 3.05) is 26.2 Å². The number of aliphatic hydroxyl groups is 1. The smallest absolute Gasteiger partial charge is 0.0558 e. The van der Waals surface area contributed by atoms with Gasteiger partial charge < -0.3 is 10.0 Å². The Balaban J connectivity index is 0. The van der Waals surface area contributed by atoms with E-state index in [2.05, 4.69) is 18.7 Å². The van der Waals surface area contributed by atoms with Crippen LogP contribution in [-0.2, 0) is 0 Å². The first-order valence-corrected chi connectivity index (χ1v) is 6.18. The van der Waals surface area contributed by atoms with Crippen LogP contribution in [0.15, 0.2) is 0 Å². The van der Waals surface area contributed by atoms with Crippen molar-refractivity contribution >= 4 is 0 Å². The summed E-state index contributed by atoms with van der Waals surface area (Å²) in [4.78, 5) is 2.35. The summed E-state index contributed by atoms with van der Waals surface area (Å²) in [6, 6.07) is 0. The predicted molar refractivity (Wildman–Crippen MR) is 64.7 cm³/mol. The molecule has 0 aliphatic rings. The third-order valence-electron chi connectivity index (χ3n) is 2.07. The first-order chi connectivity index (χ1) is 6.85. The Kier molecular flexibility index (Phi) is 18.0. The molecule has 0 radical (unpaired) electrons. The molecule has 0 spiro atoms. The molecule has 2 nitrogen and oxygen atoms in total. The van der Waals surface area contributed by atoms with Crippen LogP contribution in [0.5, 0.6) is 0 Å². The van der Waals surface area contributed by atoms with E-state index in [-0.39, 0.29) is 0 Å². The number of aliphatic hydroxyl groups excluding tert-OH is 1. The fraction of sp³-hybridized carbons (Fsp3) is 1.00. The maximum Gasteiger partial charge on any atom is 0.0558 e. The van der Waals surface area contributed by atoms with Crippen LogP contribution >= 0.6 is 0 Å². The van der Waals surface area contributed by atoms with E-state index in [0.717, 1.165) is 19.6 Å². The molecule has 0 saturated carbocycles. The van der Waals surface area contributed by atoms with E-state index in [9.17, 15) is 0 Å². The molecule has 0 aromatic rings. The van der Waals surface area contributed by atoms with Gasteiger partial charge in [-0.25, -0.2) is 0 Å². The van der Waals surface area contributed by atoms with Gasteiger partial charge in [0.05, 0.1) is 6.61 Å². The highest BCUT2D eigenvalue weighted by molar-refractivity contribution is 4.56. The van der Waals surface area contributed by atoms with Crippen molar-refractivity contribution in [1.29, 1.82) is 0 Å². The average molecular weight is 203 g/mol. The molecule has 0 atom stereocenters. The zero-order chi connectivity index (χ0) is 11.2. The Morgan fingerprint density at radius 2 is 1.29 bits per heavy atom. The molecule has 0 rings (SSSR count). The quantitative estimate of drug-likeness (QED) is 0.655.